The van der Waals surface area contributed by atoms with Gasteiger partial charge in [0.05, 0.1) is 6.10 Å². The van der Waals surface area contributed by atoms with Gasteiger partial charge in [-0.1, -0.05) is 12.1 Å². The van der Waals surface area contributed by atoms with Gasteiger partial charge in [0.1, 0.15) is 5.75 Å². The van der Waals surface area contributed by atoms with Crippen LogP contribution in [0.4, 0.5) is 8.78 Å². The Balaban J connectivity index is 2.72. The molecule has 1 aromatic carbocycles. The van der Waals surface area contributed by atoms with Gasteiger partial charge in [-0.2, -0.15) is 8.78 Å². The molecule has 0 spiro atoms. The Kier molecular flexibility index (Phi) is 3.99. The summed E-state index contributed by atoms with van der Waals surface area (Å²) in [5.41, 5.74) is 6.06. The van der Waals surface area contributed by atoms with Crippen molar-refractivity contribution >= 4 is 0 Å². The van der Waals surface area contributed by atoms with E-state index in [-0.39, 0.29) is 5.75 Å². The average Bonchev–Trinajstić information content (AvgIpc) is 2.17. The highest BCUT2D eigenvalue weighted by Gasteiger charge is 2.12. The van der Waals surface area contributed by atoms with Gasteiger partial charge in [0.25, 0.3) is 0 Å². The van der Waals surface area contributed by atoms with Crippen molar-refractivity contribution in [2.24, 2.45) is 5.73 Å². The van der Waals surface area contributed by atoms with E-state index in [0.29, 0.717) is 5.56 Å². The smallest absolute Gasteiger partial charge is 0.387 e. The third-order valence-corrected chi connectivity index (χ3v) is 1.94. The molecule has 15 heavy (non-hydrogen) atoms. The molecule has 0 bridgehead atoms. The summed E-state index contributed by atoms with van der Waals surface area (Å²) in [6, 6.07) is 5.34. The number of rotatable bonds is 4. The van der Waals surface area contributed by atoms with Gasteiger partial charge < -0.3 is 15.6 Å². The average molecular weight is 217 g/mol. The highest BCUT2D eigenvalue weighted by molar-refractivity contribution is 5.29. The molecule has 0 amide bonds. The van der Waals surface area contributed by atoms with Crippen LogP contribution >= 0.6 is 0 Å². The summed E-state index contributed by atoms with van der Waals surface area (Å²) >= 11 is 0. The predicted octanol–water partition coefficient (Wildman–Crippen LogP) is 1.67. The lowest BCUT2D eigenvalue weighted by molar-refractivity contribution is -0.0498. The molecule has 0 aliphatic carbocycles. The summed E-state index contributed by atoms with van der Waals surface area (Å²) < 4.78 is 27.8. The minimum absolute atomic E-state index is 0.0608. The molecule has 0 unspecified atom stereocenters. The lowest BCUT2D eigenvalue weighted by Crippen LogP contribution is -2.24. The molecule has 1 aromatic rings. The highest BCUT2D eigenvalue weighted by Crippen LogP contribution is 2.20. The first-order valence-electron chi connectivity index (χ1n) is 4.49. The molecule has 0 radical (unpaired) electrons. The molecule has 3 nitrogen and oxygen atoms in total. The number of ether oxygens (including phenoxy) is 1. The summed E-state index contributed by atoms with van der Waals surface area (Å²) in [5.74, 6) is 0.0608. The fourth-order valence-electron chi connectivity index (χ4n) is 1.15. The summed E-state index contributed by atoms with van der Waals surface area (Å²) in [6.07, 6.45) is -0.800. The van der Waals surface area contributed by atoms with E-state index < -0.39 is 18.8 Å². The van der Waals surface area contributed by atoms with Crippen LogP contribution < -0.4 is 10.5 Å². The van der Waals surface area contributed by atoms with Crippen molar-refractivity contribution in [3.05, 3.63) is 29.8 Å². The van der Waals surface area contributed by atoms with Gasteiger partial charge in [-0.05, 0) is 24.6 Å². The van der Waals surface area contributed by atoms with Gasteiger partial charge in [-0.15, -0.1) is 0 Å². The standard InChI is InChI=1S/C10H13F2NO2/c1-6(13)9(14)7-2-4-8(5-3-7)15-10(11)12/h2-6,9-10,14H,13H2,1H3/t6-,9-/m1/s1. The molecule has 0 saturated heterocycles. The third-order valence-electron chi connectivity index (χ3n) is 1.94. The van der Waals surface area contributed by atoms with Crippen molar-refractivity contribution in [2.45, 2.75) is 25.7 Å². The molecule has 0 fully saturated rings. The van der Waals surface area contributed by atoms with Crippen LogP contribution in [-0.2, 0) is 0 Å². The Morgan fingerprint density at radius 2 is 1.80 bits per heavy atom. The number of nitrogens with two attached hydrogens (primary N) is 1. The van der Waals surface area contributed by atoms with Crippen LogP contribution in [0.5, 0.6) is 5.75 Å². The van der Waals surface area contributed by atoms with Crippen molar-refractivity contribution in [3.63, 3.8) is 0 Å². The molecular formula is C10H13F2NO2. The zero-order valence-corrected chi connectivity index (χ0v) is 8.23. The number of hydrogen-bond acceptors (Lipinski definition) is 3. The van der Waals surface area contributed by atoms with E-state index in [2.05, 4.69) is 4.74 Å². The minimum Gasteiger partial charge on any atom is -0.435 e. The quantitative estimate of drug-likeness (QED) is 0.806. The predicted molar refractivity (Wildman–Crippen MR) is 51.7 cm³/mol. The van der Waals surface area contributed by atoms with Crippen molar-refractivity contribution in [3.8, 4) is 5.75 Å². The number of aliphatic hydroxyl groups is 1. The number of alkyl halides is 2. The van der Waals surface area contributed by atoms with Crippen LogP contribution in [-0.4, -0.2) is 17.8 Å². The van der Waals surface area contributed by atoms with Crippen LogP contribution in [0.1, 0.15) is 18.6 Å². The lowest BCUT2D eigenvalue weighted by atomic mass is 10.0. The van der Waals surface area contributed by atoms with Crippen molar-refractivity contribution in [2.75, 3.05) is 0 Å². The molecule has 2 atom stereocenters. The van der Waals surface area contributed by atoms with Crippen molar-refractivity contribution in [1.29, 1.82) is 0 Å². The summed E-state index contributed by atoms with van der Waals surface area (Å²) in [5, 5.41) is 9.56. The molecule has 0 aliphatic rings. The fraction of sp³-hybridized carbons (Fsp3) is 0.400. The number of benzene rings is 1. The molecule has 84 valence electrons. The monoisotopic (exact) mass is 217 g/mol. The molecule has 0 saturated carbocycles. The largest absolute Gasteiger partial charge is 0.435 e. The van der Waals surface area contributed by atoms with E-state index in [1.165, 1.54) is 24.3 Å². The van der Waals surface area contributed by atoms with Crippen LogP contribution in [0.3, 0.4) is 0 Å². The van der Waals surface area contributed by atoms with Gasteiger partial charge in [-0.25, -0.2) is 0 Å². The SMILES string of the molecule is C[C@@H](N)[C@@H](O)c1ccc(OC(F)F)cc1. The number of aliphatic hydroxyl groups excluding tert-OH is 1. The van der Waals surface area contributed by atoms with Crippen molar-refractivity contribution < 1.29 is 18.6 Å². The summed E-state index contributed by atoms with van der Waals surface area (Å²) in [7, 11) is 0. The van der Waals surface area contributed by atoms with E-state index in [4.69, 9.17) is 5.73 Å². The second-order valence-corrected chi connectivity index (χ2v) is 3.25. The number of halogens is 2. The van der Waals surface area contributed by atoms with Crippen LogP contribution in [0.15, 0.2) is 24.3 Å². The summed E-state index contributed by atoms with van der Waals surface area (Å²) in [6.45, 7) is -1.18. The molecule has 0 aromatic heterocycles. The minimum atomic E-state index is -2.84. The molecular weight excluding hydrogens is 204 g/mol. The van der Waals surface area contributed by atoms with Gasteiger partial charge in [0.2, 0.25) is 0 Å². The van der Waals surface area contributed by atoms with Gasteiger partial charge in [0.15, 0.2) is 0 Å². The number of hydrogen-bond donors (Lipinski definition) is 2. The maximum atomic E-state index is 11.8. The second-order valence-electron chi connectivity index (χ2n) is 3.25. The fourth-order valence-corrected chi connectivity index (χ4v) is 1.15. The van der Waals surface area contributed by atoms with Gasteiger partial charge in [-0.3, -0.25) is 0 Å². The van der Waals surface area contributed by atoms with E-state index in [0.717, 1.165) is 0 Å². The van der Waals surface area contributed by atoms with Crippen LogP contribution in [0, 0.1) is 0 Å². The Hall–Kier alpha value is -1.20. The third kappa shape index (κ3) is 3.45. The Bertz CT molecular complexity index is 301. The van der Waals surface area contributed by atoms with E-state index in [1.54, 1.807) is 6.92 Å². The Morgan fingerprint density at radius 3 is 2.20 bits per heavy atom. The van der Waals surface area contributed by atoms with Crippen molar-refractivity contribution in [1.82, 2.24) is 0 Å². The second kappa shape index (κ2) is 5.04. The van der Waals surface area contributed by atoms with Gasteiger partial charge in [0, 0.05) is 6.04 Å². The maximum Gasteiger partial charge on any atom is 0.387 e. The Labute approximate surface area is 86.5 Å². The lowest BCUT2D eigenvalue weighted by Gasteiger charge is -2.15. The van der Waals surface area contributed by atoms with E-state index >= 15 is 0 Å². The zero-order valence-electron chi connectivity index (χ0n) is 8.23. The molecule has 1 rings (SSSR count). The van der Waals surface area contributed by atoms with Crippen LogP contribution in [0.2, 0.25) is 0 Å². The Morgan fingerprint density at radius 1 is 1.27 bits per heavy atom. The molecule has 0 aliphatic heterocycles. The van der Waals surface area contributed by atoms with E-state index in [1.807, 2.05) is 0 Å². The summed E-state index contributed by atoms with van der Waals surface area (Å²) in [4.78, 5) is 0. The first-order valence-corrected chi connectivity index (χ1v) is 4.49. The normalized spacial score (nSPS) is 15.1. The maximum absolute atomic E-state index is 11.8. The van der Waals surface area contributed by atoms with Gasteiger partial charge >= 0.3 is 6.61 Å². The first-order chi connectivity index (χ1) is 7.00. The topological polar surface area (TPSA) is 55.5 Å². The molecule has 3 N–H and O–H groups in total. The molecule has 5 heteroatoms. The highest BCUT2D eigenvalue weighted by atomic mass is 19.3. The zero-order chi connectivity index (χ0) is 11.4. The van der Waals surface area contributed by atoms with Crippen LogP contribution in [0.25, 0.3) is 0 Å². The van der Waals surface area contributed by atoms with E-state index in [9.17, 15) is 13.9 Å². The first kappa shape index (κ1) is 11.9. The molecule has 0 heterocycles.